The summed E-state index contributed by atoms with van der Waals surface area (Å²) in [5.74, 6) is 2.92. The van der Waals surface area contributed by atoms with Gasteiger partial charge in [-0.3, -0.25) is 4.79 Å². The number of aromatic nitrogens is 1. The molecule has 1 aliphatic heterocycles. The third-order valence-corrected chi connectivity index (χ3v) is 8.88. The normalized spacial score (nSPS) is 36.7. The number of nitrogens with zero attached hydrogens (tertiary/aromatic N) is 2. The summed E-state index contributed by atoms with van der Waals surface area (Å²) in [4.78, 5) is 16.6. The Hall–Kier alpha value is -1.61. The van der Waals surface area contributed by atoms with E-state index in [0.717, 1.165) is 49.1 Å². The number of para-hydroxylation sites is 1. The van der Waals surface area contributed by atoms with Gasteiger partial charge in [0.15, 0.2) is 5.78 Å². The van der Waals surface area contributed by atoms with Crippen molar-refractivity contribution in [1.82, 2.24) is 9.47 Å². The van der Waals surface area contributed by atoms with Crippen molar-refractivity contribution in [2.75, 3.05) is 13.6 Å². The first-order valence-corrected chi connectivity index (χ1v) is 11.9. The van der Waals surface area contributed by atoms with Crippen LogP contribution in [0.2, 0.25) is 0 Å². The monoisotopic (exact) mass is 390 g/mol. The van der Waals surface area contributed by atoms with Crippen LogP contribution in [-0.2, 0) is 6.54 Å². The van der Waals surface area contributed by atoms with Crippen LogP contribution in [0.1, 0.15) is 68.1 Å². The zero-order chi connectivity index (χ0) is 19.6. The molecule has 1 aromatic carbocycles. The standard InChI is InChI=1S/C26H34N2O/c1-27-9-5-4-6-21(27)16-28-17-23(22-7-2-3-8-24(22)28)25(29)26-13-18-10-19(14-26)12-20(11-18)15-26/h2-3,7-8,17-21H,4-6,9-16H2,1H3/t18?,19?,20?,21-,26?/m1/s1. The van der Waals surface area contributed by atoms with Gasteiger partial charge < -0.3 is 9.47 Å². The predicted octanol–water partition coefficient (Wildman–Crippen LogP) is 5.52. The minimum absolute atomic E-state index is 0.0503. The van der Waals surface area contributed by atoms with Crippen LogP contribution >= 0.6 is 0 Å². The molecule has 154 valence electrons. The summed E-state index contributed by atoms with van der Waals surface area (Å²) < 4.78 is 2.40. The fraction of sp³-hybridized carbons (Fsp3) is 0.654. The Morgan fingerprint density at radius 2 is 1.72 bits per heavy atom. The van der Waals surface area contributed by atoms with Crippen molar-refractivity contribution in [3.05, 3.63) is 36.0 Å². The smallest absolute Gasteiger partial charge is 0.171 e. The fourth-order valence-electron chi connectivity index (χ4n) is 7.86. The number of rotatable bonds is 4. The van der Waals surface area contributed by atoms with Gasteiger partial charge in [-0.2, -0.15) is 0 Å². The average Bonchev–Trinajstić information content (AvgIpc) is 3.07. The molecule has 0 spiro atoms. The molecule has 0 amide bonds. The van der Waals surface area contributed by atoms with Gasteiger partial charge in [-0.05, 0) is 88.8 Å². The summed E-state index contributed by atoms with van der Waals surface area (Å²) in [5.41, 5.74) is 2.21. The number of piperidine rings is 1. The van der Waals surface area contributed by atoms with Gasteiger partial charge in [0.1, 0.15) is 0 Å². The number of hydrogen-bond acceptors (Lipinski definition) is 2. The van der Waals surface area contributed by atoms with E-state index in [9.17, 15) is 4.79 Å². The van der Waals surface area contributed by atoms with Crippen LogP contribution in [0.25, 0.3) is 10.9 Å². The molecule has 0 N–H and O–H groups in total. The lowest BCUT2D eigenvalue weighted by molar-refractivity contribution is -0.0352. The van der Waals surface area contributed by atoms with Gasteiger partial charge >= 0.3 is 0 Å². The quantitative estimate of drug-likeness (QED) is 0.642. The third kappa shape index (κ3) is 2.91. The maximum atomic E-state index is 14.1. The zero-order valence-corrected chi connectivity index (χ0v) is 17.8. The van der Waals surface area contributed by atoms with Crippen LogP contribution in [0, 0.1) is 23.2 Å². The molecule has 2 aromatic rings. The highest BCUT2D eigenvalue weighted by molar-refractivity contribution is 6.11. The first kappa shape index (κ1) is 18.2. The Morgan fingerprint density at radius 3 is 2.41 bits per heavy atom. The minimum Gasteiger partial charge on any atom is -0.345 e. The van der Waals surface area contributed by atoms with Gasteiger partial charge in [-0.25, -0.2) is 0 Å². The molecule has 7 rings (SSSR count). The number of fused-ring (bicyclic) bond motifs is 1. The molecule has 5 fully saturated rings. The molecule has 3 heteroatoms. The molecule has 3 nitrogen and oxygen atoms in total. The number of ketones is 1. The topological polar surface area (TPSA) is 25.2 Å². The number of carbonyl (C=O) groups excluding carboxylic acids is 1. The lowest BCUT2D eigenvalue weighted by Gasteiger charge is -2.55. The number of likely N-dealkylation sites (tertiary alicyclic amines) is 1. The van der Waals surface area contributed by atoms with Gasteiger partial charge in [0, 0.05) is 40.7 Å². The molecule has 0 radical (unpaired) electrons. The van der Waals surface area contributed by atoms with Crippen LogP contribution in [0.4, 0.5) is 0 Å². The van der Waals surface area contributed by atoms with Crippen molar-refractivity contribution >= 4 is 16.7 Å². The van der Waals surface area contributed by atoms with Crippen LogP contribution in [0.15, 0.2) is 30.5 Å². The molecule has 1 aromatic heterocycles. The van der Waals surface area contributed by atoms with Crippen molar-refractivity contribution in [3.8, 4) is 0 Å². The van der Waals surface area contributed by atoms with Crippen molar-refractivity contribution < 1.29 is 4.79 Å². The van der Waals surface area contributed by atoms with Gasteiger partial charge in [0.2, 0.25) is 0 Å². The van der Waals surface area contributed by atoms with Crippen LogP contribution < -0.4 is 0 Å². The van der Waals surface area contributed by atoms with E-state index < -0.39 is 0 Å². The largest absolute Gasteiger partial charge is 0.345 e. The number of carbonyl (C=O) groups is 1. The van der Waals surface area contributed by atoms with E-state index in [1.807, 2.05) is 0 Å². The minimum atomic E-state index is -0.0503. The number of likely N-dealkylation sites (N-methyl/N-ethyl adjacent to an activating group) is 1. The maximum absolute atomic E-state index is 14.1. The molecule has 4 saturated carbocycles. The summed E-state index contributed by atoms with van der Waals surface area (Å²) in [7, 11) is 2.26. The van der Waals surface area contributed by atoms with Crippen molar-refractivity contribution in [2.24, 2.45) is 23.2 Å². The first-order chi connectivity index (χ1) is 14.1. The van der Waals surface area contributed by atoms with Crippen LogP contribution in [0.5, 0.6) is 0 Å². The second-order valence-corrected chi connectivity index (χ2v) is 10.9. The van der Waals surface area contributed by atoms with Crippen molar-refractivity contribution in [2.45, 2.75) is 70.4 Å². The van der Waals surface area contributed by atoms with E-state index in [-0.39, 0.29) is 5.41 Å². The highest BCUT2D eigenvalue weighted by Crippen LogP contribution is 2.61. The lowest BCUT2D eigenvalue weighted by atomic mass is 9.48. The van der Waals surface area contributed by atoms with Crippen LogP contribution in [0.3, 0.4) is 0 Å². The molecule has 1 atom stereocenters. The van der Waals surface area contributed by atoms with Crippen molar-refractivity contribution in [1.29, 1.82) is 0 Å². The van der Waals surface area contributed by atoms with Gasteiger partial charge in [-0.15, -0.1) is 0 Å². The highest BCUT2D eigenvalue weighted by atomic mass is 16.1. The average molecular weight is 391 g/mol. The van der Waals surface area contributed by atoms with Gasteiger partial charge in [0.05, 0.1) is 0 Å². The summed E-state index contributed by atoms with van der Waals surface area (Å²) in [6, 6.07) is 9.22. The Labute approximate surface area is 174 Å². The Morgan fingerprint density at radius 1 is 1.03 bits per heavy atom. The second kappa shape index (κ2) is 6.70. The van der Waals surface area contributed by atoms with E-state index in [4.69, 9.17) is 0 Å². The van der Waals surface area contributed by atoms with E-state index in [1.54, 1.807) is 0 Å². The summed E-state index contributed by atoms with van der Waals surface area (Å²) in [6.45, 7) is 2.20. The number of hydrogen-bond donors (Lipinski definition) is 0. The molecule has 4 bridgehead atoms. The zero-order valence-electron chi connectivity index (χ0n) is 17.8. The van der Waals surface area contributed by atoms with E-state index >= 15 is 0 Å². The molecular formula is C26H34N2O. The van der Waals surface area contributed by atoms with Gasteiger partial charge in [0.25, 0.3) is 0 Å². The maximum Gasteiger partial charge on any atom is 0.171 e. The summed E-state index contributed by atoms with van der Waals surface area (Å²) in [6.07, 6.45) is 13.8. The Balaban J connectivity index is 1.37. The predicted molar refractivity (Wildman–Crippen MR) is 117 cm³/mol. The van der Waals surface area contributed by atoms with Gasteiger partial charge in [-0.1, -0.05) is 24.6 Å². The molecular weight excluding hydrogens is 356 g/mol. The highest BCUT2D eigenvalue weighted by Gasteiger charge is 2.54. The SMILES string of the molecule is CN1CCCC[C@@H]1Cn1cc(C(=O)C23CC4CC(CC(C4)C2)C3)c2ccccc21. The lowest BCUT2D eigenvalue weighted by Crippen LogP contribution is -2.50. The first-order valence-electron chi connectivity index (χ1n) is 11.9. The van der Waals surface area contributed by atoms with Crippen molar-refractivity contribution in [3.63, 3.8) is 0 Å². The van der Waals surface area contributed by atoms with Crippen LogP contribution in [-0.4, -0.2) is 34.9 Å². The summed E-state index contributed by atoms with van der Waals surface area (Å²) in [5, 5.41) is 1.19. The molecule has 5 aliphatic rings. The summed E-state index contributed by atoms with van der Waals surface area (Å²) >= 11 is 0. The number of Topliss-reactive ketones (excluding diaryl/α,β-unsaturated/α-hetero) is 1. The van der Waals surface area contributed by atoms with E-state index in [2.05, 4.69) is 47.0 Å². The molecule has 2 heterocycles. The molecule has 4 aliphatic carbocycles. The molecule has 1 saturated heterocycles. The Kier molecular flexibility index (Phi) is 4.20. The van der Waals surface area contributed by atoms with E-state index in [1.165, 1.54) is 56.0 Å². The molecule has 29 heavy (non-hydrogen) atoms. The third-order valence-electron chi connectivity index (χ3n) is 8.88. The Bertz CT molecular complexity index is 906. The number of benzene rings is 1. The molecule has 0 unspecified atom stereocenters. The second-order valence-electron chi connectivity index (χ2n) is 10.9. The fourth-order valence-corrected chi connectivity index (χ4v) is 7.86. The van der Waals surface area contributed by atoms with E-state index in [0.29, 0.717) is 11.8 Å².